The van der Waals surface area contributed by atoms with E-state index in [2.05, 4.69) is 7.05 Å². The number of ether oxygens (including phenoxy) is 1. The van der Waals surface area contributed by atoms with Crippen LogP contribution in [-0.2, 0) is 4.74 Å². The lowest BCUT2D eigenvalue weighted by atomic mass is 10.2. The number of hydrogen-bond donors (Lipinski definition) is 0. The molecule has 2 rings (SSSR count). The molecule has 0 saturated carbocycles. The van der Waals surface area contributed by atoms with Crippen LogP contribution in [0.3, 0.4) is 0 Å². The predicted octanol–water partition coefficient (Wildman–Crippen LogP) is 1.41. The Hall–Kier alpha value is -0.0800. The molecule has 0 bridgehead atoms. The third-order valence-corrected chi connectivity index (χ3v) is 3.19. The van der Waals surface area contributed by atoms with Crippen molar-refractivity contribution in [2.24, 2.45) is 0 Å². The molecule has 2 aliphatic rings. The van der Waals surface area contributed by atoms with E-state index in [1.165, 1.54) is 49.8 Å². The van der Waals surface area contributed by atoms with Gasteiger partial charge in [0.05, 0.1) is 26.7 Å². The van der Waals surface area contributed by atoms with Gasteiger partial charge >= 0.3 is 0 Å². The lowest BCUT2D eigenvalue weighted by molar-refractivity contribution is -0.909. The van der Waals surface area contributed by atoms with Gasteiger partial charge in [-0.05, 0) is 25.7 Å². The van der Waals surface area contributed by atoms with Crippen molar-refractivity contribution in [2.45, 2.75) is 31.8 Å². The first-order valence-corrected chi connectivity index (χ1v) is 5.24. The Kier molecular flexibility index (Phi) is 2.37. The number of quaternary nitrogens is 1. The van der Waals surface area contributed by atoms with E-state index in [1.807, 2.05) is 0 Å². The van der Waals surface area contributed by atoms with Gasteiger partial charge in [-0.3, -0.25) is 0 Å². The van der Waals surface area contributed by atoms with Crippen LogP contribution in [0.1, 0.15) is 25.7 Å². The molecule has 0 N–H and O–H groups in total. The van der Waals surface area contributed by atoms with Gasteiger partial charge in [0.25, 0.3) is 0 Å². The highest BCUT2D eigenvalue weighted by molar-refractivity contribution is 4.68. The monoisotopic (exact) mass is 170 g/mol. The fraction of sp³-hybridized carbons (Fsp3) is 1.00. The molecule has 2 nitrogen and oxygen atoms in total. The highest BCUT2D eigenvalue weighted by Gasteiger charge is 2.34. The van der Waals surface area contributed by atoms with Crippen LogP contribution in [0.25, 0.3) is 0 Å². The Balaban J connectivity index is 1.86. The summed E-state index contributed by atoms with van der Waals surface area (Å²) in [5.41, 5.74) is 0. The number of hydrogen-bond acceptors (Lipinski definition) is 1. The average molecular weight is 170 g/mol. The summed E-state index contributed by atoms with van der Waals surface area (Å²) in [5, 5.41) is 0. The smallest absolute Gasteiger partial charge is 0.130 e. The van der Waals surface area contributed by atoms with Gasteiger partial charge in [-0.2, -0.15) is 0 Å². The quantitative estimate of drug-likeness (QED) is 0.451. The molecule has 0 radical (unpaired) electrons. The van der Waals surface area contributed by atoms with Crippen LogP contribution >= 0.6 is 0 Å². The summed E-state index contributed by atoms with van der Waals surface area (Å²) >= 11 is 0. The Morgan fingerprint density at radius 3 is 2.25 bits per heavy atom. The zero-order valence-electron chi connectivity index (χ0n) is 8.09. The Labute approximate surface area is 75.1 Å². The summed E-state index contributed by atoms with van der Waals surface area (Å²) in [5.74, 6) is 0. The lowest BCUT2D eigenvalue weighted by Crippen LogP contribution is -2.47. The number of epoxide rings is 1. The van der Waals surface area contributed by atoms with Crippen LogP contribution in [0.2, 0.25) is 0 Å². The molecule has 2 saturated heterocycles. The normalized spacial score (nSPS) is 34.2. The third kappa shape index (κ3) is 2.20. The molecule has 0 unspecified atom stereocenters. The van der Waals surface area contributed by atoms with Gasteiger partial charge in [0.15, 0.2) is 0 Å². The van der Waals surface area contributed by atoms with Crippen molar-refractivity contribution in [2.75, 3.05) is 33.3 Å². The summed E-state index contributed by atoms with van der Waals surface area (Å²) < 4.78 is 6.57. The van der Waals surface area contributed by atoms with Crippen LogP contribution in [-0.4, -0.2) is 43.9 Å². The first-order valence-electron chi connectivity index (χ1n) is 5.24. The third-order valence-electron chi connectivity index (χ3n) is 3.19. The standard InChI is InChI=1S/C10H20NO/c1-11(8-10-9-12-10)6-4-2-3-5-7-11/h10H,2-9H2,1H3/q+1/t10-/m1/s1. The highest BCUT2D eigenvalue weighted by Crippen LogP contribution is 2.20. The second-order valence-corrected chi connectivity index (χ2v) is 4.62. The number of rotatable bonds is 2. The van der Waals surface area contributed by atoms with E-state index in [1.54, 1.807) is 0 Å². The first-order chi connectivity index (χ1) is 5.79. The van der Waals surface area contributed by atoms with Crippen LogP contribution in [0.5, 0.6) is 0 Å². The topological polar surface area (TPSA) is 12.5 Å². The van der Waals surface area contributed by atoms with E-state index in [-0.39, 0.29) is 0 Å². The zero-order chi connectivity index (χ0) is 8.44. The number of likely N-dealkylation sites (tertiary alicyclic amines) is 1. The maximum Gasteiger partial charge on any atom is 0.130 e. The Morgan fingerprint density at radius 2 is 1.75 bits per heavy atom. The van der Waals surface area contributed by atoms with Crippen molar-refractivity contribution in [1.82, 2.24) is 0 Å². The first kappa shape index (κ1) is 8.52. The van der Waals surface area contributed by atoms with Crippen LogP contribution in [0.4, 0.5) is 0 Å². The van der Waals surface area contributed by atoms with E-state index < -0.39 is 0 Å². The largest absolute Gasteiger partial charge is 0.367 e. The van der Waals surface area contributed by atoms with Crippen molar-refractivity contribution in [3.05, 3.63) is 0 Å². The average Bonchev–Trinajstić information content (AvgIpc) is 2.80. The van der Waals surface area contributed by atoms with Gasteiger partial charge in [-0.1, -0.05) is 0 Å². The predicted molar refractivity (Wildman–Crippen MR) is 49.0 cm³/mol. The highest BCUT2D eigenvalue weighted by atomic mass is 16.6. The maximum absolute atomic E-state index is 5.30. The van der Waals surface area contributed by atoms with Gasteiger partial charge in [-0.25, -0.2) is 0 Å². The van der Waals surface area contributed by atoms with Crippen molar-refractivity contribution in [3.8, 4) is 0 Å². The van der Waals surface area contributed by atoms with Gasteiger partial charge in [0.2, 0.25) is 0 Å². The molecule has 2 heteroatoms. The van der Waals surface area contributed by atoms with Crippen LogP contribution in [0, 0.1) is 0 Å². The van der Waals surface area contributed by atoms with Gasteiger partial charge in [-0.15, -0.1) is 0 Å². The summed E-state index contributed by atoms with van der Waals surface area (Å²) in [6.45, 7) is 5.04. The van der Waals surface area contributed by atoms with E-state index >= 15 is 0 Å². The molecule has 0 aromatic carbocycles. The molecule has 0 aliphatic carbocycles. The molecule has 2 heterocycles. The van der Waals surface area contributed by atoms with Crippen LogP contribution in [0.15, 0.2) is 0 Å². The van der Waals surface area contributed by atoms with E-state index in [9.17, 15) is 0 Å². The van der Waals surface area contributed by atoms with Crippen molar-refractivity contribution < 1.29 is 9.22 Å². The fourth-order valence-electron chi connectivity index (χ4n) is 2.30. The van der Waals surface area contributed by atoms with E-state index in [0.29, 0.717) is 6.10 Å². The summed E-state index contributed by atoms with van der Waals surface area (Å²) in [7, 11) is 2.40. The molecular weight excluding hydrogens is 150 g/mol. The summed E-state index contributed by atoms with van der Waals surface area (Å²) in [4.78, 5) is 0. The molecule has 1 atom stereocenters. The minimum Gasteiger partial charge on any atom is -0.367 e. The van der Waals surface area contributed by atoms with Gasteiger partial charge < -0.3 is 9.22 Å². The van der Waals surface area contributed by atoms with Gasteiger partial charge in [0.1, 0.15) is 12.6 Å². The van der Waals surface area contributed by atoms with Crippen molar-refractivity contribution >= 4 is 0 Å². The molecule has 0 spiro atoms. The molecule has 0 amide bonds. The molecule has 12 heavy (non-hydrogen) atoms. The minimum atomic E-state index is 0.605. The molecule has 2 fully saturated rings. The fourth-order valence-corrected chi connectivity index (χ4v) is 2.30. The Bertz CT molecular complexity index is 146. The minimum absolute atomic E-state index is 0.605. The number of nitrogens with zero attached hydrogens (tertiary/aromatic N) is 1. The summed E-state index contributed by atoms with van der Waals surface area (Å²) in [6.07, 6.45) is 6.33. The maximum atomic E-state index is 5.30. The molecular formula is C10H20NO+. The summed E-state index contributed by atoms with van der Waals surface area (Å²) in [6, 6.07) is 0. The lowest BCUT2D eigenvalue weighted by Gasteiger charge is -2.32. The number of likely N-dealkylation sites (N-methyl/N-ethyl adjacent to an activating group) is 1. The van der Waals surface area contributed by atoms with E-state index in [4.69, 9.17) is 4.74 Å². The van der Waals surface area contributed by atoms with Gasteiger partial charge in [0, 0.05) is 0 Å². The molecule has 70 valence electrons. The van der Waals surface area contributed by atoms with Crippen molar-refractivity contribution in [3.63, 3.8) is 0 Å². The second-order valence-electron chi connectivity index (χ2n) is 4.62. The molecule has 0 aromatic heterocycles. The Morgan fingerprint density at radius 1 is 1.17 bits per heavy atom. The molecule has 0 aromatic rings. The van der Waals surface area contributed by atoms with E-state index in [0.717, 1.165) is 6.61 Å². The second kappa shape index (κ2) is 3.35. The SMILES string of the molecule is C[N+]1(C[C@@H]2CO2)CCCCCC1. The van der Waals surface area contributed by atoms with Crippen LogP contribution < -0.4 is 0 Å². The zero-order valence-corrected chi connectivity index (χ0v) is 8.09. The van der Waals surface area contributed by atoms with Crippen molar-refractivity contribution in [1.29, 1.82) is 0 Å². The molecule has 2 aliphatic heterocycles.